The zero-order valence-corrected chi connectivity index (χ0v) is 37.7. The van der Waals surface area contributed by atoms with Crippen LogP contribution in [0.3, 0.4) is 0 Å². The molecule has 57 heavy (non-hydrogen) atoms. The first kappa shape index (κ1) is 55.2. The summed E-state index contributed by atoms with van der Waals surface area (Å²) in [7, 11) is -4.38. The van der Waals surface area contributed by atoms with Crippen LogP contribution in [-0.2, 0) is 32.7 Å². The van der Waals surface area contributed by atoms with E-state index in [4.69, 9.17) is 24.3 Å². The Hall–Kier alpha value is -1.77. The van der Waals surface area contributed by atoms with Gasteiger partial charge in [0, 0.05) is 19.4 Å². The van der Waals surface area contributed by atoms with Crippen LogP contribution in [0.25, 0.3) is 0 Å². The predicted octanol–water partition coefficient (Wildman–Crippen LogP) is 13.7. The van der Waals surface area contributed by atoms with Crippen molar-refractivity contribution in [2.45, 2.75) is 225 Å². The van der Waals surface area contributed by atoms with Crippen molar-refractivity contribution in [2.24, 2.45) is 5.73 Å². The quantitative estimate of drug-likeness (QED) is 0.0266. The van der Waals surface area contributed by atoms with E-state index in [1.54, 1.807) is 0 Å². The summed E-state index contributed by atoms with van der Waals surface area (Å²) in [4.78, 5) is 35.0. The minimum Gasteiger partial charge on any atom is -0.462 e. The van der Waals surface area contributed by atoms with Gasteiger partial charge in [-0.05, 0) is 70.6 Å². The highest BCUT2D eigenvalue weighted by Crippen LogP contribution is 2.43. The Morgan fingerprint density at radius 2 is 0.912 bits per heavy atom. The molecule has 0 saturated carbocycles. The molecule has 2 atom stereocenters. The van der Waals surface area contributed by atoms with Crippen molar-refractivity contribution in [3.05, 3.63) is 36.5 Å². The molecule has 0 spiro atoms. The second-order valence-corrected chi connectivity index (χ2v) is 17.1. The number of nitrogens with two attached hydrogens (primary N) is 1. The van der Waals surface area contributed by atoms with Gasteiger partial charge in [-0.2, -0.15) is 0 Å². The molecule has 9 nitrogen and oxygen atoms in total. The van der Waals surface area contributed by atoms with Crippen LogP contribution in [0.15, 0.2) is 36.5 Å². The van der Waals surface area contributed by atoms with Gasteiger partial charge in [0.05, 0.1) is 13.2 Å². The van der Waals surface area contributed by atoms with Gasteiger partial charge in [0.15, 0.2) is 6.10 Å². The third-order valence-electron chi connectivity index (χ3n) is 10.00. The van der Waals surface area contributed by atoms with Crippen molar-refractivity contribution in [1.82, 2.24) is 0 Å². The number of unbranched alkanes of at least 4 members (excludes halogenated alkanes) is 25. The molecule has 1 unspecified atom stereocenters. The van der Waals surface area contributed by atoms with Crippen LogP contribution in [0.5, 0.6) is 0 Å². The lowest BCUT2D eigenvalue weighted by Gasteiger charge is -2.19. The number of carbonyl (C=O) groups excluding carboxylic acids is 2. The summed E-state index contributed by atoms with van der Waals surface area (Å²) in [6.07, 6.45) is 48.8. The normalized spacial score (nSPS) is 13.5. The molecule has 3 N–H and O–H groups in total. The second kappa shape index (κ2) is 43.8. The molecule has 334 valence electrons. The highest BCUT2D eigenvalue weighted by atomic mass is 31.2. The Morgan fingerprint density at radius 1 is 0.526 bits per heavy atom. The average molecular weight is 826 g/mol. The maximum absolute atomic E-state index is 12.6. The van der Waals surface area contributed by atoms with Gasteiger partial charge in [-0.15, -0.1) is 0 Å². The lowest BCUT2D eigenvalue weighted by molar-refractivity contribution is -0.161. The van der Waals surface area contributed by atoms with Crippen molar-refractivity contribution < 1.29 is 37.6 Å². The Morgan fingerprint density at radius 3 is 1.39 bits per heavy atom. The van der Waals surface area contributed by atoms with Crippen LogP contribution in [0.4, 0.5) is 0 Å². The molecular weight excluding hydrogens is 737 g/mol. The van der Waals surface area contributed by atoms with E-state index in [1.165, 1.54) is 135 Å². The molecule has 0 rings (SSSR count). The predicted molar refractivity (Wildman–Crippen MR) is 238 cm³/mol. The van der Waals surface area contributed by atoms with Gasteiger partial charge in [-0.3, -0.25) is 18.6 Å². The maximum Gasteiger partial charge on any atom is 0.472 e. The zero-order valence-electron chi connectivity index (χ0n) is 36.8. The van der Waals surface area contributed by atoms with Gasteiger partial charge >= 0.3 is 19.8 Å². The van der Waals surface area contributed by atoms with Crippen molar-refractivity contribution >= 4 is 19.8 Å². The van der Waals surface area contributed by atoms with E-state index in [0.717, 1.165) is 51.4 Å². The van der Waals surface area contributed by atoms with E-state index in [9.17, 15) is 19.0 Å². The maximum atomic E-state index is 12.6. The van der Waals surface area contributed by atoms with Crippen LogP contribution < -0.4 is 5.73 Å². The average Bonchev–Trinajstić information content (AvgIpc) is 3.20. The lowest BCUT2D eigenvalue weighted by atomic mass is 10.1. The van der Waals surface area contributed by atoms with E-state index in [0.29, 0.717) is 6.42 Å². The van der Waals surface area contributed by atoms with Crippen LogP contribution in [0, 0.1) is 0 Å². The number of carbonyl (C=O) groups is 2. The summed E-state index contributed by atoms with van der Waals surface area (Å²) in [5.41, 5.74) is 5.36. The van der Waals surface area contributed by atoms with E-state index >= 15 is 0 Å². The Bertz CT molecular complexity index is 1030. The Labute approximate surface area is 350 Å². The first-order valence-corrected chi connectivity index (χ1v) is 25.0. The SMILES string of the molecule is CCCCC/C=C/C/C=C/CCCCCCCCCCCC(=O)OC[C@H](COP(=O)(O)OCCN)OC(=O)CCCCCCCCC/C=C/CCCCCCCC. The van der Waals surface area contributed by atoms with E-state index in [-0.39, 0.29) is 38.6 Å². The van der Waals surface area contributed by atoms with Gasteiger partial charge in [0.1, 0.15) is 6.61 Å². The monoisotopic (exact) mass is 826 g/mol. The molecule has 0 aliphatic carbocycles. The van der Waals surface area contributed by atoms with Gasteiger partial charge in [0.2, 0.25) is 0 Å². The minimum absolute atomic E-state index is 0.0522. The summed E-state index contributed by atoms with van der Waals surface area (Å²) in [6.45, 7) is 3.71. The van der Waals surface area contributed by atoms with Gasteiger partial charge in [-0.1, -0.05) is 172 Å². The molecule has 0 aromatic carbocycles. The number of ether oxygens (including phenoxy) is 2. The number of phosphoric ester groups is 1. The number of phosphoric acid groups is 1. The molecule has 0 aliphatic heterocycles. The molecule has 0 radical (unpaired) electrons. The fourth-order valence-corrected chi connectivity index (χ4v) is 7.25. The molecule has 0 amide bonds. The van der Waals surface area contributed by atoms with Gasteiger partial charge in [-0.25, -0.2) is 4.57 Å². The van der Waals surface area contributed by atoms with Crippen LogP contribution in [0.1, 0.15) is 219 Å². The highest BCUT2D eigenvalue weighted by Gasteiger charge is 2.26. The smallest absolute Gasteiger partial charge is 0.462 e. The van der Waals surface area contributed by atoms with Crippen molar-refractivity contribution in [3.63, 3.8) is 0 Å². The standard InChI is InChI=1S/C47H88NO8P/c1-3-5-7-9-11-13-15-17-19-21-22-24-25-27-29-31-33-35-37-39-46(49)53-43-45(44-55-57(51,52)54-42-41-48)56-47(50)40-38-36-34-32-30-28-26-23-20-18-16-14-12-10-8-6-4-2/h11,13,17-20,45H,3-10,12,14-16,21-44,48H2,1-2H3,(H,51,52)/b13-11+,19-17+,20-18+/t45-/m1/s1. The number of allylic oxidation sites excluding steroid dienone is 6. The van der Waals surface area contributed by atoms with Crippen LogP contribution in [-0.4, -0.2) is 49.3 Å². The van der Waals surface area contributed by atoms with E-state index in [1.807, 2.05) is 0 Å². The first-order chi connectivity index (χ1) is 27.8. The fraction of sp³-hybridized carbons (Fsp3) is 0.830. The van der Waals surface area contributed by atoms with Gasteiger partial charge in [0.25, 0.3) is 0 Å². The molecule has 0 fully saturated rings. The third-order valence-corrected chi connectivity index (χ3v) is 11.0. The number of rotatable bonds is 44. The van der Waals surface area contributed by atoms with Crippen LogP contribution in [0.2, 0.25) is 0 Å². The Balaban J connectivity index is 4.10. The summed E-state index contributed by atoms with van der Waals surface area (Å²) >= 11 is 0. The molecular formula is C47H88NO8P. The number of hydrogen-bond acceptors (Lipinski definition) is 8. The van der Waals surface area contributed by atoms with Crippen LogP contribution >= 0.6 is 7.82 Å². The summed E-state index contributed by atoms with van der Waals surface area (Å²) in [5, 5.41) is 0. The first-order valence-electron chi connectivity index (χ1n) is 23.5. The molecule has 0 aliphatic rings. The molecule has 10 heteroatoms. The summed E-state index contributed by atoms with van der Waals surface area (Å²) in [6, 6.07) is 0. The van der Waals surface area contributed by atoms with Gasteiger partial charge < -0.3 is 20.1 Å². The summed E-state index contributed by atoms with van der Waals surface area (Å²) in [5.74, 6) is -0.833. The molecule has 0 aromatic heterocycles. The molecule has 0 heterocycles. The molecule has 0 bridgehead atoms. The molecule has 0 saturated heterocycles. The second-order valence-electron chi connectivity index (χ2n) is 15.6. The largest absolute Gasteiger partial charge is 0.472 e. The van der Waals surface area contributed by atoms with Crippen molar-refractivity contribution in [3.8, 4) is 0 Å². The van der Waals surface area contributed by atoms with Crippen molar-refractivity contribution in [2.75, 3.05) is 26.4 Å². The highest BCUT2D eigenvalue weighted by molar-refractivity contribution is 7.47. The van der Waals surface area contributed by atoms with Crippen molar-refractivity contribution in [1.29, 1.82) is 0 Å². The van der Waals surface area contributed by atoms with E-state index < -0.39 is 26.5 Å². The van der Waals surface area contributed by atoms with E-state index in [2.05, 4.69) is 50.3 Å². The Kier molecular flexibility index (Phi) is 42.4. The fourth-order valence-electron chi connectivity index (χ4n) is 6.48. The lowest BCUT2D eigenvalue weighted by Crippen LogP contribution is -2.29. The zero-order chi connectivity index (χ0) is 41.8. The number of hydrogen-bond donors (Lipinski definition) is 2. The molecule has 0 aromatic rings. The third kappa shape index (κ3) is 43.6. The summed E-state index contributed by atoms with van der Waals surface area (Å²) < 4.78 is 32.8. The number of esters is 2. The topological polar surface area (TPSA) is 134 Å². The minimum atomic E-state index is -4.38.